The standard InChI is InChI=1S/C9H15N3O2/c1-2-7(5-6-10)12-9(14)4-3-8(13)11-12/h3-4,7H,2,5-6,10H2,1H3,(H,11,13). The highest BCUT2D eigenvalue weighted by Gasteiger charge is 2.09. The number of nitrogens with zero attached hydrogens (tertiary/aromatic N) is 1. The van der Waals surface area contributed by atoms with Gasteiger partial charge in [-0.05, 0) is 19.4 Å². The maximum absolute atomic E-state index is 11.4. The van der Waals surface area contributed by atoms with Gasteiger partial charge in [-0.2, -0.15) is 0 Å². The number of nitrogens with one attached hydrogen (secondary N) is 1. The van der Waals surface area contributed by atoms with Crippen molar-refractivity contribution < 1.29 is 0 Å². The van der Waals surface area contributed by atoms with Crippen molar-refractivity contribution in [3.05, 3.63) is 32.8 Å². The topological polar surface area (TPSA) is 80.9 Å². The molecule has 0 radical (unpaired) electrons. The van der Waals surface area contributed by atoms with Crippen molar-refractivity contribution in [3.8, 4) is 0 Å². The van der Waals surface area contributed by atoms with E-state index in [9.17, 15) is 9.59 Å². The van der Waals surface area contributed by atoms with Crippen LogP contribution in [0.1, 0.15) is 25.8 Å². The van der Waals surface area contributed by atoms with E-state index in [0.29, 0.717) is 13.0 Å². The normalized spacial score (nSPS) is 12.7. The van der Waals surface area contributed by atoms with Crippen LogP contribution in [0.5, 0.6) is 0 Å². The lowest BCUT2D eigenvalue weighted by Gasteiger charge is -2.15. The molecule has 0 aromatic carbocycles. The smallest absolute Gasteiger partial charge is 0.265 e. The Morgan fingerprint density at radius 3 is 2.79 bits per heavy atom. The first-order chi connectivity index (χ1) is 6.69. The quantitative estimate of drug-likeness (QED) is 0.703. The number of rotatable bonds is 4. The van der Waals surface area contributed by atoms with Crippen LogP contribution in [-0.2, 0) is 0 Å². The Morgan fingerprint density at radius 1 is 1.50 bits per heavy atom. The van der Waals surface area contributed by atoms with Gasteiger partial charge in [-0.3, -0.25) is 14.7 Å². The van der Waals surface area contributed by atoms with Crippen molar-refractivity contribution in [2.45, 2.75) is 25.8 Å². The summed E-state index contributed by atoms with van der Waals surface area (Å²) in [4.78, 5) is 22.4. The van der Waals surface area contributed by atoms with Gasteiger partial charge in [0.25, 0.3) is 11.1 Å². The minimum atomic E-state index is -0.264. The molecule has 0 bridgehead atoms. The molecule has 1 atom stereocenters. The van der Waals surface area contributed by atoms with Crippen molar-refractivity contribution in [2.24, 2.45) is 5.73 Å². The molecule has 5 heteroatoms. The van der Waals surface area contributed by atoms with E-state index in [4.69, 9.17) is 5.73 Å². The van der Waals surface area contributed by atoms with Crippen molar-refractivity contribution in [1.29, 1.82) is 0 Å². The minimum absolute atomic E-state index is 0.0126. The van der Waals surface area contributed by atoms with Crippen molar-refractivity contribution in [3.63, 3.8) is 0 Å². The lowest BCUT2D eigenvalue weighted by Crippen LogP contribution is -2.32. The third-order valence-corrected chi connectivity index (χ3v) is 2.18. The number of hydrogen-bond acceptors (Lipinski definition) is 3. The molecule has 78 valence electrons. The second-order valence-electron chi connectivity index (χ2n) is 3.16. The highest BCUT2D eigenvalue weighted by Crippen LogP contribution is 2.09. The third kappa shape index (κ3) is 2.32. The molecule has 0 amide bonds. The molecular formula is C9H15N3O2. The fourth-order valence-corrected chi connectivity index (χ4v) is 1.42. The molecule has 0 aliphatic heterocycles. The summed E-state index contributed by atoms with van der Waals surface area (Å²) in [7, 11) is 0. The molecule has 0 aliphatic carbocycles. The monoisotopic (exact) mass is 197 g/mol. The summed E-state index contributed by atoms with van der Waals surface area (Å²) in [6.45, 7) is 2.46. The van der Waals surface area contributed by atoms with Crippen LogP contribution in [0.3, 0.4) is 0 Å². The van der Waals surface area contributed by atoms with Gasteiger partial charge in [-0.15, -0.1) is 0 Å². The molecule has 14 heavy (non-hydrogen) atoms. The van der Waals surface area contributed by atoms with Crippen LogP contribution in [0, 0.1) is 0 Å². The van der Waals surface area contributed by atoms with E-state index in [1.165, 1.54) is 16.8 Å². The fraction of sp³-hybridized carbons (Fsp3) is 0.556. The van der Waals surface area contributed by atoms with Crippen molar-refractivity contribution in [1.82, 2.24) is 9.78 Å². The summed E-state index contributed by atoms with van der Waals surface area (Å²) in [6, 6.07) is 2.49. The van der Waals surface area contributed by atoms with Gasteiger partial charge in [-0.1, -0.05) is 6.92 Å². The highest BCUT2D eigenvalue weighted by atomic mass is 16.1. The average molecular weight is 197 g/mol. The third-order valence-electron chi connectivity index (χ3n) is 2.18. The van der Waals surface area contributed by atoms with Crippen LogP contribution >= 0.6 is 0 Å². The summed E-state index contributed by atoms with van der Waals surface area (Å²) in [5, 5.41) is 2.50. The van der Waals surface area contributed by atoms with Gasteiger partial charge in [-0.25, -0.2) is 4.68 Å². The SMILES string of the molecule is CCC(CCN)n1[nH]c(=O)ccc1=O. The Labute approximate surface area is 81.5 Å². The molecule has 0 saturated heterocycles. The molecular weight excluding hydrogens is 182 g/mol. The Balaban J connectivity index is 3.08. The van der Waals surface area contributed by atoms with Gasteiger partial charge >= 0.3 is 0 Å². The first kappa shape index (κ1) is 10.7. The average Bonchev–Trinajstić information content (AvgIpc) is 2.18. The Kier molecular flexibility index (Phi) is 3.64. The lowest BCUT2D eigenvalue weighted by atomic mass is 10.1. The molecule has 1 rings (SSSR count). The van der Waals surface area contributed by atoms with Crippen LogP contribution in [0.15, 0.2) is 21.7 Å². The minimum Gasteiger partial charge on any atom is -0.330 e. The molecule has 5 nitrogen and oxygen atoms in total. The summed E-state index contributed by atoms with van der Waals surface area (Å²) in [6.07, 6.45) is 1.47. The van der Waals surface area contributed by atoms with Crippen LogP contribution in [-0.4, -0.2) is 16.3 Å². The van der Waals surface area contributed by atoms with Gasteiger partial charge < -0.3 is 5.73 Å². The summed E-state index contributed by atoms with van der Waals surface area (Å²) >= 11 is 0. The number of nitrogens with two attached hydrogens (primary N) is 1. The van der Waals surface area contributed by atoms with E-state index in [2.05, 4.69) is 5.10 Å². The van der Waals surface area contributed by atoms with Gasteiger partial charge in [0.15, 0.2) is 0 Å². The summed E-state index contributed by atoms with van der Waals surface area (Å²) in [5.41, 5.74) is 4.97. The van der Waals surface area contributed by atoms with E-state index in [1.807, 2.05) is 6.92 Å². The zero-order valence-corrected chi connectivity index (χ0v) is 8.19. The predicted octanol–water partition coefficient (Wildman–Crippen LogP) is -0.163. The Hall–Kier alpha value is -1.36. The van der Waals surface area contributed by atoms with Crippen LogP contribution in [0.4, 0.5) is 0 Å². The summed E-state index contributed by atoms with van der Waals surface area (Å²) in [5.74, 6) is 0. The molecule has 1 aromatic rings. The molecule has 0 fully saturated rings. The van der Waals surface area contributed by atoms with Gasteiger partial charge in [0, 0.05) is 12.1 Å². The highest BCUT2D eigenvalue weighted by molar-refractivity contribution is 4.87. The van der Waals surface area contributed by atoms with Crippen molar-refractivity contribution >= 4 is 0 Å². The first-order valence-electron chi connectivity index (χ1n) is 4.71. The van der Waals surface area contributed by atoms with E-state index in [-0.39, 0.29) is 17.2 Å². The second-order valence-corrected chi connectivity index (χ2v) is 3.16. The predicted molar refractivity (Wildman–Crippen MR) is 54.3 cm³/mol. The second kappa shape index (κ2) is 4.76. The van der Waals surface area contributed by atoms with E-state index < -0.39 is 0 Å². The number of hydrogen-bond donors (Lipinski definition) is 2. The maximum Gasteiger partial charge on any atom is 0.265 e. The number of aromatic amines is 1. The zero-order chi connectivity index (χ0) is 10.6. The molecule has 1 aromatic heterocycles. The van der Waals surface area contributed by atoms with Crippen LogP contribution < -0.4 is 16.9 Å². The largest absolute Gasteiger partial charge is 0.330 e. The Morgan fingerprint density at radius 2 is 2.21 bits per heavy atom. The van der Waals surface area contributed by atoms with Gasteiger partial charge in [0.2, 0.25) is 0 Å². The first-order valence-corrected chi connectivity index (χ1v) is 4.71. The van der Waals surface area contributed by atoms with E-state index in [0.717, 1.165) is 6.42 Å². The van der Waals surface area contributed by atoms with Gasteiger partial charge in [0.05, 0.1) is 6.04 Å². The lowest BCUT2D eigenvalue weighted by molar-refractivity contribution is 0.396. The zero-order valence-electron chi connectivity index (χ0n) is 8.19. The van der Waals surface area contributed by atoms with E-state index >= 15 is 0 Å². The van der Waals surface area contributed by atoms with Crippen LogP contribution in [0.25, 0.3) is 0 Å². The van der Waals surface area contributed by atoms with E-state index in [1.54, 1.807) is 0 Å². The number of aromatic nitrogens is 2. The molecule has 1 unspecified atom stereocenters. The molecule has 0 saturated carbocycles. The molecule has 3 N–H and O–H groups in total. The van der Waals surface area contributed by atoms with Gasteiger partial charge in [0.1, 0.15) is 0 Å². The summed E-state index contributed by atoms with van der Waals surface area (Å²) < 4.78 is 1.36. The maximum atomic E-state index is 11.4. The number of H-pyrrole nitrogens is 1. The van der Waals surface area contributed by atoms with Crippen LogP contribution in [0.2, 0.25) is 0 Å². The fourth-order valence-electron chi connectivity index (χ4n) is 1.42. The Bertz CT molecular complexity index is 394. The molecule has 1 heterocycles. The molecule has 0 aliphatic rings. The molecule has 0 spiro atoms. The van der Waals surface area contributed by atoms with Crippen molar-refractivity contribution in [2.75, 3.05) is 6.54 Å².